The van der Waals surface area contributed by atoms with Gasteiger partial charge in [0.25, 0.3) is 0 Å². The van der Waals surface area contributed by atoms with Crippen LogP contribution < -0.4 is 0 Å². The van der Waals surface area contributed by atoms with E-state index in [1.165, 1.54) is 0 Å². The predicted molar refractivity (Wildman–Crippen MR) is 52.4 cm³/mol. The molecule has 0 bridgehead atoms. The molecule has 0 saturated heterocycles. The molecule has 1 aliphatic rings. The number of rotatable bonds is 3. The summed E-state index contributed by atoms with van der Waals surface area (Å²) in [6, 6.07) is 0. The van der Waals surface area contributed by atoms with E-state index in [0.717, 1.165) is 5.57 Å². The van der Waals surface area contributed by atoms with E-state index in [2.05, 4.69) is 0 Å². The zero-order valence-electron chi connectivity index (χ0n) is 7.31. The van der Waals surface area contributed by atoms with Crippen LogP contribution >= 0.6 is 0 Å². The minimum Gasteiger partial charge on any atom is -0.481 e. The predicted octanol–water partition coefficient (Wildman–Crippen LogP) is 2.46. The Balaban J connectivity index is 2.53. The fraction of sp³-hybridized carbons (Fsp3) is 0.182. The Hall–Kier alpha value is -1.57. The van der Waals surface area contributed by atoms with Crippen LogP contribution in [0.5, 0.6) is 0 Å². The molecule has 0 radical (unpaired) electrons. The molecule has 13 heavy (non-hydrogen) atoms. The monoisotopic (exact) mass is 176 g/mol. The van der Waals surface area contributed by atoms with Crippen molar-refractivity contribution in [1.82, 2.24) is 0 Å². The van der Waals surface area contributed by atoms with Gasteiger partial charge < -0.3 is 5.11 Å². The maximum Gasteiger partial charge on any atom is 0.303 e. The lowest BCUT2D eigenvalue weighted by atomic mass is 10.1. The molecule has 68 valence electrons. The summed E-state index contributed by atoms with van der Waals surface area (Å²) in [7, 11) is 0. The summed E-state index contributed by atoms with van der Waals surface area (Å²) in [4.78, 5) is 10.3. The molecule has 0 aliphatic heterocycles. The molecule has 1 aliphatic carbocycles. The van der Waals surface area contributed by atoms with Gasteiger partial charge in [0, 0.05) is 6.42 Å². The van der Waals surface area contributed by atoms with Crippen LogP contribution in [0.4, 0.5) is 0 Å². The van der Waals surface area contributed by atoms with Crippen LogP contribution in [-0.2, 0) is 4.79 Å². The smallest absolute Gasteiger partial charge is 0.303 e. The van der Waals surface area contributed by atoms with Crippen LogP contribution in [-0.4, -0.2) is 11.1 Å². The molecule has 1 N–H and O–H groups in total. The van der Waals surface area contributed by atoms with Crippen LogP contribution in [0.3, 0.4) is 0 Å². The van der Waals surface area contributed by atoms with E-state index in [-0.39, 0.29) is 6.42 Å². The number of hydrogen-bond donors (Lipinski definition) is 1. The number of aliphatic carboxylic acids is 1. The Labute approximate surface area is 77.6 Å². The summed E-state index contributed by atoms with van der Waals surface area (Å²) in [5, 5.41) is 8.49. The first-order chi connectivity index (χ1) is 6.29. The van der Waals surface area contributed by atoms with E-state index in [0.29, 0.717) is 6.42 Å². The average Bonchev–Trinajstić information content (AvgIpc) is 2.01. The van der Waals surface area contributed by atoms with Crippen molar-refractivity contribution in [3.05, 3.63) is 48.1 Å². The van der Waals surface area contributed by atoms with Gasteiger partial charge in [-0.2, -0.15) is 0 Å². The number of carbonyl (C=O) groups is 1. The molecule has 2 heteroatoms. The molecule has 0 amide bonds. The second-order valence-corrected chi connectivity index (χ2v) is 2.76. The molecule has 0 saturated carbocycles. The van der Waals surface area contributed by atoms with Gasteiger partial charge in [0.05, 0.1) is 0 Å². The summed E-state index contributed by atoms with van der Waals surface area (Å²) in [5.41, 5.74) is 1.04. The van der Waals surface area contributed by atoms with Gasteiger partial charge in [0.15, 0.2) is 0 Å². The van der Waals surface area contributed by atoms with E-state index in [1.807, 2.05) is 42.5 Å². The second-order valence-electron chi connectivity index (χ2n) is 2.76. The zero-order valence-corrected chi connectivity index (χ0v) is 7.31. The lowest BCUT2D eigenvalue weighted by Crippen LogP contribution is -1.94. The second kappa shape index (κ2) is 5.14. The largest absolute Gasteiger partial charge is 0.481 e. The molecule has 2 nitrogen and oxygen atoms in total. The molecule has 0 spiro atoms. The third-order valence-corrected chi connectivity index (χ3v) is 1.69. The Bertz CT molecular complexity index is 293. The van der Waals surface area contributed by atoms with Gasteiger partial charge in [-0.3, -0.25) is 4.79 Å². The van der Waals surface area contributed by atoms with Gasteiger partial charge in [0.1, 0.15) is 0 Å². The van der Waals surface area contributed by atoms with Crippen molar-refractivity contribution in [3.63, 3.8) is 0 Å². The molecule has 0 aromatic heterocycles. The van der Waals surface area contributed by atoms with Crippen molar-refractivity contribution < 1.29 is 9.90 Å². The summed E-state index contributed by atoms with van der Waals surface area (Å²) >= 11 is 0. The highest BCUT2D eigenvalue weighted by Gasteiger charge is 1.98. The van der Waals surface area contributed by atoms with E-state index >= 15 is 0 Å². The number of allylic oxidation sites excluding steroid dienone is 8. The number of carboxylic acid groups (broad SMARTS) is 1. The van der Waals surface area contributed by atoms with E-state index in [1.54, 1.807) is 0 Å². The zero-order chi connectivity index (χ0) is 9.52. The van der Waals surface area contributed by atoms with Crippen molar-refractivity contribution in [2.45, 2.75) is 12.8 Å². The minimum atomic E-state index is -0.754. The first-order valence-corrected chi connectivity index (χ1v) is 4.21. The van der Waals surface area contributed by atoms with Crippen molar-refractivity contribution in [2.75, 3.05) is 0 Å². The maximum absolute atomic E-state index is 10.3. The van der Waals surface area contributed by atoms with Crippen molar-refractivity contribution in [3.8, 4) is 0 Å². The Morgan fingerprint density at radius 2 is 1.85 bits per heavy atom. The molecule has 0 heterocycles. The van der Waals surface area contributed by atoms with Crippen LogP contribution in [0, 0.1) is 0 Å². The molecular weight excluding hydrogens is 164 g/mol. The fourth-order valence-electron chi connectivity index (χ4n) is 1.02. The van der Waals surface area contributed by atoms with Gasteiger partial charge in [0.2, 0.25) is 0 Å². The van der Waals surface area contributed by atoms with Gasteiger partial charge >= 0.3 is 5.97 Å². The van der Waals surface area contributed by atoms with Gasteiger partial charge in [-0.05, 0) is 12.0 Å². The van der Waals surface area contributed by atoms with Crippen molar-refractivity contribution in [2.24, 2.45) is 0 Å². The molecule has 0 unspecified atom stereocenters. The highest BCUT2D eigenvalue weighted by molar-refractivity contribution is 5.67. The quantitative estimate of drug-likeness (QED) is 0.717. The SMILES string of the molecule is O=C(O)CCC1=CC=CC=CC=C1. The molecule has 0 atom stereocenters. The highest BCUT2D eigenvalue weighted by Crippen LogP contribution is 2.08. The van der Waals surface area contributed by atoms with Gasteiger partial charge in [-0.1, -0.05) is 42.5 Å². The highest BCUT2D eigenvalue weighted by atomic mass is 16.4. The lowest BCUT2D eigenvalue weighted by Gasteiger charge is -1.98. The van der Waals surface area contributed by atoms with Crippen molar-refractivity contribution >= 4 is 5.97 Å². The standard InChI is InChI=1S/C11H12O2/c12-11(13)9-8-10-6-4-2-1-3-5-7-10/h1-7H,8-9H2,(H,12,13). The first-order valence-electron chi connectivity index (χ1n) is 4.21. The summed E-state index contributed by atoms with van der Waals surface area (Å²) in [6.45, 7) is 0. The lowest BCUT2D eigenvalue weighted by molar-refractivity contribution is -0.136. The average molecular weight is 176 g/mol. The van der Waals surface area contributed by atoms with Crippen molar-refractivity contribution in [1.29, 1.82) is 0 Å². The van der Waals surface area contributed by atoms with E-state index in [9.17, 15) is 4.79 Å². The summed E-state index contributed by atoms with van der Waals surface area (Å²) < 4.78 is 0. The van der Waals surface area contributed by atoms with Crippen LogP contribution in [0.15, 0.2) is 48.1 Å². The third-order valence-electron chi connectivity index (χ3n) is 1.69. The van der Waals surface area contributed by atoms with E-state index in [4.69, 9.17) is 5.11 Å². The number of hydrogen-bond acceptors (Lipinski definition) is 1. The van der Waals surface area contributed by atoms with E-state index < -0.39 is 5.97 Å². The normalized spacial score (nSPS) is 14.9. The Morgan fingerprint density at radius 1 is 1.15 bits per heavy atom. The van der Waals surface area contributed by atoms with Gasteiger partial charge in [-0.15, -0.1) is 0 Å². The molecule has 1 rings (SSSR count). The third kappa shape index (κ3) is 4.11. The maximum atomic E-state index is 10.3. The topological polar surface area (TPSA) is 37.3 Å². The molecular formula is C11H12O2. The van der Waals surface area contributed by atoms with Crippen LogP contribution in [0.25, 0.3) is 0 Å². The molecule has 0 aromatic rings. The first kappa shape index (κ1) is 9.52. The molecule has 0 fully saturated rings. The summed E-state index contributed by atoms with van der Waals surface area (Å²) in [6.07, 6.45) is 14.2. The Kier molecular flexibility index (Phi) is 3.76. The van der Waals surface area contributed by atoms with Gasteiger partial charge in [-0.25, -0.2) is 0 Å². The fourth-order valence-corrected chi connectivity index (χ4v) is 1.02. The van der Waals surface area contributed by atoms with Crippen LogP contribution in [0.1, 0.15) is 12.8 Å². The number of carboxylic acids is 1. The molecule has 0 aromatic carbocycles. The minimum absolute atomic E-state index is 0.188. The van der Waals surface area contributed by atoms with Crippen LogP contribution in [0.2, 0.25) is 0 Å². The Morgan fingerprint density at radius 3 is 2.62 bits per heavy atom. The summed E-state index contributed by atoms with van der Waals surface area (Å²) in [5.74, 6) is -0.754.